The number of anilines is 1. The molecule has 5 rings (SSSR count). The summed E-state index contributed by atoms with van der Waals surface area (Å²) < 4.78 is 10.1. The van der Waals surface area contributed by atoms with E-state index in [9.17, 15) is 9.59 Å². The van der Waals surface area contributed by atoms with E-state index in [1.54, 1.807) is 6.20 Å². The van der Waals surface area contributed by atoms with E-state index in [0.717, 1.165) is 27.8 Å². The zero-order valence-corrected chi connectivity index (χ0v) is 22.4. The molecule has 0 aliphatic heterocycles. The third kappa shape index (κ3) is 6.96. The van der Waals surface area contributed by atoms with Crippen molar-refractivity contribution in [2.24, 2.45) is 4.99 Å². The van der Waals surface area contributed by atoms with E-state index in [-0.39, 0.29) is 24.6 Å². The Morgan fingerprint density at radius 1 is 0.854 bits per heavy atom. The number of esters is 1. The Morgan fingerprint density at radius 2 is 1.61 bits per heavy atom. The fraction of sp³-hybridized carbons (Fsp3) is 0.125. The van der Waals surface area contributed by atoms with E-state index in [2.05, 4.69) is 15.3 Å². The second-order valence-corrected chi connectivity index (χ2v) is 9.00. The van der Waals surface area contributed by atoms with Crippen LogP contribution in [-0.2, 0) is 33.8 Å². The van der Waals surface area contributed by atoms with Gasteiger partial charge in [0.1, 0.15) is 24.0 Å². The number of ether oxygens (including phenoxy) is 2. The Balaban J connectivity index is 1.49. The normalized spacial score (nSPS) is 11.2. The van der Waals surface area contributed by atoms with Crippen LogP contribution < -0.4 is 5.32 Å². The number of amides is 1. The molecule has 9 heteroatoms. The van der Waals surface area contributed by atoms with E-state index in [1.165, 1.54) is 7.11 Å². The molecule has 0 bridgehead atoms. The van der Waals surface area contributed by atoms with Crippen LogP contribution in [0.3, 0.4) is 0 Å². The molecular formula is C32H27N5O4. The minimum absolute atomic E-state index is 0.0218. The number of hydrogen-bond donors (Lipinski definition) is 1. The third-order valence-corrected chi connectivity index (χ3v) is 6.20. The Hall–Kier alpha value is -5.44. The van der Waals surface area contributed by atoms with Crippen molar-refractivity contribution in [3.63, 3.8) is 0 Å². The van der Waals surface area contributed by atoms with Gasteiger partial charge in [-0.1, -0.05) is 78.9 Å². The van der Waals surface area contributed by atoms with Gasteiger partial charge >= 0.3 is 12.1 Å². The SMILES string of the molecule is COC(=O)C(Cc1nc(NCc2ccccn2)c2c(-c3ccccc3)cccc2n1)=NC(=O)OCc1ccccc1. The molecule has 0 aliphatic rings. The van der Waals surface area contributed by atoms with Crippen LogP contribution in [0.15, 0.2) is 108 Å². The van der Waals surface area contributed by atoms with E-state index in [1.807, 2.05) is 97.1 Å². The van der Waals surface area contributed by atoms with Gasteiger partial charge in [0, 0.05) is 6.20 Å². The molecule has 0 spiro atoms. The number of rotatable bonds is 9. The van der Waals surface area contributed by atoms with Crippen molar-refractivity contribution in [2.75, 3.05) is 12.4 Å². The Bertz CT molecular complexity index is 1680. The second kappa shape index (κ2) is 13.1. The lowest BCUT2D eigenvalue weighted by atomic mass is 10.0. The third-order valence-electron chi connectivity index (χ3n) is 6.20. The lowest BCUT2D eigenvalue weighted by Crippen LogP contribution is -2.22. The average molecular weight is 546 g/mol. The van der Waals surface area contributed by atoms with E-state index < -0.39 is 12.1 Å². The van der Waals surface area contributed by atoms with Gasteiger partial charge in [0.2, 0.25) is 0 Å². The molecule has 41 heavy (non-hydrogen) atoms. The van der Waals surface area contributed by atoms with Crippen molar-refractivity contribution in [1.29, 1.82) is 0 Å². The summed E-state index contributed by atoms with van der Waals surface area (Å²) in [6.07, 6.45) is 0.679. The molecule has 0 saturated carbocycles. The van der Waals surface area contributed by atoms with Crippen LogP contribution in [0.5, 0.6) is 0 Å². The Labute approximate surface area is 236 Å². The summed E-state index contributed by atoms with van der Waals surface area (Å²) in [6, 6.07) is 30.6. The standard InChI is InChI=1S/C32H27N5O4/c1-40-31(38)27(36-32(39)41-21-22-11-4-2-5-12-22)19-28-35-26-17-10-16-25(23-13-6-3-7-14-23)29(26)30(37-28)34-20-24-15-8-9-18-33-24/h2-18H,19-21H2,1H3,(H,34,35,37). The number of carbonyl (C=O) groups is 2. The molecule has 204 valence electrons. The molecule has 5 aromatic rings. The first kappa shape index (κ1) is 27.1. The molecule has 0 fully saturated rings. The van der Waals surface area contributed by atoms with Gasteiger partial charge in [-0.2, -0.15) is 4.99 Å². The highest BCUT2D eigenvalue weighted by Crippen LogP contribution is 2.32. The van der Waals surface area contributed by atoms with Crippen molar-refractivity contribution in [1.82, 2.24) is 15.0 Å². The van der Waals surface area contributed by atoms with E-state index in [4.69, 9.17) is 19.4 Å². The summed E-state index contributed by atoms with van der Waals surface area (Å²) in [5, 5.41) is 4.21. The molecule has 3 aromatic carbocycles. The number of methoxy groups -OCH3 is 1. The molecule has 2 heterocycles. The zero-order valence-electron chi connectivity index (χ0n) is 22.4. The maximum atomic E-state index is 12.6. The summed E-state index contributed by atoms with van der Waals surface area (Å²) in [6.45, 7) is 0.438. The molecular weight excluding hydrogens is 518 g/mol. The average Bonchev–Trinajstić information content (AvgIpc) is 3.03. The maximum absolute atomic E-state index is 12.6. The van der Waals surface area contributed by atoms with Crippen LogP contribution in [0.2, 0.25) is 0 Å². The lowest BCUT2D eigenvalue weighted by Gasteiger charge is -2.14. The number of aliphatic imine (C=N–C) groups is 1. The maximum Gasteiger partial charge on any atom is 0.434 e. The van der Waals surface area contributed by atoms with Gasteiger partial charge in [-0.15, -0.1) is 0 Å². The lowest BCUT2D eigenvalue weighted by molar-refractivity contribution is -0.132. The van der Waals surface area contributed by atoms with Crippen LogP contribution in [0.1, 0.15) is 17.1 Å². The highest BCUT2D eigenvalue weighted by molar-refractivity contribution is 6.38. The number of benzene rings is 3. The highest BCUT2D eigenvalue weighted by atomic mass is 16.5. The van der Waals surface area contributed by atoms with Crippen LogP contribution in [0, 0.1) is 0 Å². The van der Waals surface area contributed by atoms with Crippen molar-refractivity contribution in [2.45, 2.75) is 19.6 Å². The molecule has 0 unspecified atom stereocenters. The summed E-state index contributed by atoms with van der Waals surface area (Å²) in [5.41, 5.74) is 4.08. The molecule has 9 nitrogen and oxygen atoms in total. The van der Waals surface area contributed by atoms with Crippen LogP contribution in [-0.4, -0.2) is 39.8 Å². The number of fused-ring (bicyclic) bond motifs is 1. The summed E-state index contributed by atoms with van der Waals surface area (Å²) in [4.78, 5) is 42.9. The molecule has 1 N–H and O–H groups in total. The van der Waals surface area contributed by atoms with Crippen LogP contribution in [0.4, 0.5) is 10.6 Å². The minimum Gasteiger partial charge on any atom is -0.465 e. The largest absolute Gasteiger partial charge is 0.465 e. The first-order valence-corrected chi connectivity index (χ1v) is 13.0. The van der Waals surface area contributed by atoms with Gasteiger partial charge in [-0.05, 0) is 34.9 Å². The molecule has 2 aromatic heterocycles. The van der Waals surface area contributed by atoms with Crippen LogP contribution >= 0.6 is 0 Å². The number of nitrogens with one attached hydrogen (secondary N) is 1. The van der Waals surface area contributed by atoms with Crippen molar-refractivity contribution >= 4 is 34.5 Å². The van der Waals surface area contributed by atoms with Gasteiger partial charge in [-0.25, -0.2) is 19.6 Å². The molecule has 0 saturated heterocycles. The first-order chi connectivity index (χ1) is 20.1. The fourth-order valence-electron chi connectivity index (χ4n) is 4.26. The fourth-order valence-corrected chi connectivity index (χ4v) is 4.26. The highest BCUT2D eigenvalue weighted by Gasteiger charge is 2.20. The number of nitrogens with zero attached hydrogens (tertiary/aromatic N) is 4. The summed E-state index contributed by atoms with van der Waals surface area (Å²) >= 11 is 0. The van der Waals surface area contributed by atoms with E-state index >= 15 is 0 Å². The van der Waals surface area contributed by atoms with E-state index in [0.29, 0.717) is 17.9 Å². The summed E-state index contributed by atoms with van der Waals surface area (Å²) in [7, 11) is 1.22. The number of aromatic nitrogens is 3. The van der Waals surface area contributed by atoms with Crippen molar-refractivity contribution in [3.05, 3.63) is 120 Å². The van der Waals surface area contributed by atoms with Crippen molar-refractivity contribution < 1.29 is 19.1 Å². The molecule has 0 radical (unpaired) electrons. The Morgan fingerprint density at radius 3 is 2.34 bits per heavy atom. The van der Waals surface area contributed by atoms with Gasteiger partial charge in [0.05, 0.1) is 36.7 Å². The number of hydrogen-bond acceptors (Lipinski definition) is 8. The number of carbonyl (C=O) groups excluding carboxylic acids is 2. The quantitative estimate of drug-likeness (QED) is 0.183. The van der Waals surface area contributed by atoms with Gasteiger partial charge in [0.25, 0.3) is 0 Å². The monoisotopic (exact) mass is 545 g/mol. The second-order valence-electron chi connectivity index (χ2n) is 9.00. The topological polar surface area (TPSA) is 116 Å². The first-order valence-electron chi connectivity index (χ1n) is 13.0. The van der Waals surface area contributed by atoms with Crippen molar-refractivity contribution in [3.8, 4) is 11.1 Å². The molecule has 0 atom stereocenters. The predicted molar refractivity (Wildman–Crippen MR) is 156 cm³/mol. The van der Waals surface area contributed by atoms with Gasteiger partial charge in [-0.3, -0.25) is 4.98 Å². The Kier molecular flexibility index (Phi) is 8.66. The summed E-state index contributed by atoms with van der Waals surface area (Å²) in [5.74, 6) is 0.0728. The number of pyridine rings is 1. The molecule has 1 amide bonds. The van der Waals surface area contributed by atoms with Gasteiger partial charge in [0.15, 0.2) is 0 Å². The van der Waals surface area contributed by atoms with Crippen LogP contribution in [0.25, 0.3) is 22.0 Å². The molecule has 0 aliphatic carbocycles. The predicted octanol–water partition coefficient (Wildman–Crippen LogP) is 5.80. The smallest absolute Gasteiger partial charge is 0.434 e. The zero-order chi connectivity index (χ0) is 28.4. The minimum atomic E-state index is -0.907. The van der Waals surface area contributed by atoms with Gasteiger partial charge < -0.3 is 14.8 Å².